The van der Waals surface area contributed by atoms with Crippen LogP contribution in [0.3, 0.4) is 0 Å². The van der Waals surface area contributed by atoms with Crippen LogP contribution in [0, 0.1) is 5.92 Å². The maximum atomic E-state index is 13.3. The lowest BCUT2D eigenvalue weighted by Crippen LogP contribution is -2.58. The van der Waals surface area contributed by atoms with Gasteiger partial charge in [-0.3, -0.25) is 14.2 Å². The molecule has 3 atom stereocenters. The molecule has 3 aromatic rings. The van der Waals surface area contributed by atoms with Crippen LogP contribution in [0.25, 0.3) is 6.08 Å². The van der Waals surface area contributed by atoms with Gasteiger partial charge in [0.2, 0.25) is 5.72 Å². The van der Waals surface area contributed by atoms with Crippen LogP contribution in [0.15, 0.2) is 64.4 Å². The summed E-state index contributed by atoms with van der Waals surface area (Å²) in [5, 5.41) is 0. The summed E-state index contributed by atoms with van der Waals surface area (Å²) in [4.78, 5) is 31.2. The number of para-hydroxylation sites is 1. The van der Waals surface area contributed by atoms with E-state index < -0.39 is 17.7 Å². The number of aromatic nitrogens is 1. The molecule has 2 aliphatic heterocycles. The van der Waals surface area contributed by atoms with E-state index in [0.29, 0.717) is 15.1 Å². The number of fused-ring (bicyclic) bond motifs is 6. The third-order valence-electron chi connectivity index (χ3n) is 5.42. The SMILES string of the molecule is CC(=O)[C@@H]1[C@H]2c3ccccc3O[C@]1(C)N=c1s/c(=C\c3ccccc3)c(=O)n12. The fraction of sp³-hybridized carbons (Fsp3) is 0.227. The molecular formula is C22H18N2O3S. The first-order chi connectivity index (χ1) is 13.5. The molecule has 3 heterocycles. The van der Waals surface area contributed by atoms with Gasteiger partial charge in [0.1, 0.15) is 17.5 Å². The molecule has 140 valence electrons. The first kappa shape index (κ1) is 17.1. The average molecular weight is 390 g/mol. The van der Waals surface area contributed by atoms with Crippen molar-refractivity contribution in [1.29, 1.82) is 0 Å². The van der Waals surface area contributed by atoms with Crippen molar-refractivity contribution in [3.8, 4) is 5.75 Å². The quantitative estimate of drug-likeness (QED) is 0.675. The number of hydrogen-bond donors (Lipinski definition) is 0. The van der Waals surface area contributed by atoms with Gasteiger partial charge in [0.25, 0.3) is 5.56 Å². The topological polar surface area (TPSA) is 60.7 Å². The summed E-state index contributed by atoms with van der Waals surface area (Å²) >= 11 is 1.34. The van der Waals surface area contributed by atoms with Gasteiger partial charge in [-0.25, -0.2) is 4.99 Å². The number of ether oxygens (including phenoxy) is 1. The van der Waals surface area contributed by atoms with E-state index in [0.717, 1.165) is 11.1 Å². The highest BCUT2D eigenvalue weighted by Crippen LogP contribution is 2.47. The molecule has 2 aliphatic rings. The normalized spacial score (nSPS) is 25.3. The lowest BCUT2D eigenvalue weighted by molar-refractivity contribution is -0.132. The lowest BCUT2D eigenvalue weighted by Gasteiger charge is -2.45. The van der Waals surface area contributed by atoms with Crippen molar-refractivity contribution in [3.05, 3.63) is 85.4 Å². The number of Topliss-reactive ketones (excluding diaryl/α,β-unsaturated/α-hetero) is 1. The van der Waals surface area contributed by atoms with Crippen LogP contribution in [0.4, 0.5) is 0 Å². The molecule has 0 saturated heterocycles. The number of thiazole rings is 1. The summed E-state index contributed by atoms with van der Waals surface area (Å²) in [6.07, 6.45) is 1.87. The Morgan fingerprint density at radius 3 is 2.64 bits per heavy atom. The number of hydrogen-bond acceptors (Lipinski definition) is 5. The molecule has 0 radical (unpaired) electrons. The molecule has 5 nitrogen and oxygen atoms in total. The van der Waals surface area contributed by atoms with E-state index in [4.69, 9.17) is 9.73 Å². The van der Waals surface area contributed by atoms with E-state index in [2.05, 4.69) is 0 Å². The molecule has 2 bridgehead atoms. The predicted molar refractivity (Wildman–Crippen MR) is 107 cm³/mol. The number of benzene rings is 2. The molecule has 2 aromatic carbocycles. The van der Waals surface area contributed by atoms with Crippen molar-refractivity contribution >= 4 is 23.2 Å². The fourth-order valence-electron chi connectivity index (χ4n) is 4.26. The van der Waals surface area contributed by atoms with E-state index in [1.165, 1.54) is 11.3 Å². The van der Waals surface area contributed by atoms with E-state index in [1.54, 1.807) is 11.5 Å². The minimum atomic E-state index is -1.02. The zero-order chi connectivity index (χ0) is 19.5. The molecule has 5 rings (SSSR count). The summed E-state index contributed by atoms with van der Waals surface area (Å²) < 4.78 is 8.46. The minimum absolute atomic E-state index is 0.0388. The van der Waals surface area contributed by atoms with Gasteiger partial charge in [-0.05, 0) is 31.6 Å². The van der Waals surface area contributed by atoms with Crippen molar-refractivity contribution in [2.45, 2.75) is 25.6 Å². The maximum Gasteiger partial charge on any atom is 0.270 e. The summed E-state index contributed by atoms with van der Waals surface area (Å²) in [5.41, 5.74) is 0.657. The van der Waals surface area contributed by atoms with Gasteiger partial charge < -0.3 is 4.74 Å². The van der Waals surface area contributed by atoms with Crippen molar-refractivity contribution in [2.24, 2.45) is 10.9 Å². The molecule has 0 aliphatic carbocycles. The van der Waals surface area contributed by atoms with Gasteiger partial charge in [-0.15, -0.1) is 0 Å². The third kappa shape index (κ3) is 2.41. The number of carbonyl (C=O) groups is 1. The van der Waals surface area contributed by atoms with Crippen molar-refractivity contribution < 1.29 is 9.53 Å². The van der Waals surface area contributed by atoms with Crippen LogP contribution < -0.4 is 19.6 Å². The highest BCUT2D eigenvalue weighted by atomic mass is 32.1. The predicted octanol–water partition coefficient (Wildman–Crippen LogP) is 2.28. The van der Waals surface area contributed by atoms with E-state index in [-0.39, 0.29) is 11.3 Å². The van der Waals surface area contributed by atoms with Gasteiger partial charge in [0.05, 0.1) is 10.6 Å². The Labute approximate surface area is 165 Å². The van der Waals surface area contributed by atoms with Crippen molar-refractivity contribution in [2.75, 3.05) is 0 Å². The smallest absolute Gasteiger partial charge is 0.270 e. The molecule has 0 N–H and O–H groups in total. The molecule has 0 spiro atoms. The van der Waals surface area contributed by atoms with Gasteiger partial charge in [-0.1, -0.05) is 59.9 Å². The second-order valence-electron chi connectivity index (χ2n) is 7.32. The summed E-state index contributed by atoms with van der Waals surface area (Å²) in [6, 6.07) is 16.9. The number of ketones is 1. The molecule has 0 unspecified atom stereocenters. The van der Waals surface area contributed by atoms with Gasteiger partial charge in [0.15, 0.2) is 4.80 Å². The third-order valence-corrected chi connectivity index (χ3v) is 6.40. The lowest BCUT2D eigenvalue weighted by atomic mass is 9.79. The zero-order valence-electron chi connectivity index (χ0n) is 15.5. The summed E-state index contributed by atoms with van der Waals surface area (Å²) in [5.74, 6) is 0.0865. The second-order valence-corrected chi connectivity index (χ2v) is 8.33. The minimum Gasteiger partial charge on any atom is -0.465 e. The van der Waals surface area contributed by atoms with Crippen LogP contribution in [0.5, 0.6) is 5.75 Å². The monoisotopic (exact) mass is 390 g/mol. The zero-order valence-corrected chi connectivity index (χ0v) is 16.3. The molecular weight excluding hydrogens is 372 g/mol. The Balaban J connectivity index is 1.83. The Hall–Kier alpha value is -2.99. The Bertz CT molecular complexity index is 1280. The van der Waals surface area contributed by atoms with E-state index in [9.17, 15) is 9.59 Å². The fourth-order valence-corrected chi connectivity index (χ4v) is 5.36. The number of rotatable bonds is 2. The van der Waals surface area contributed by atoms with Crippen molar-refractivity contribution in [1.82, 2.24) is 4.57 Å². The number of carbonyl (C=O) groups excluding carboxylic acids is 1. The molecule has 0 fully saturated rings. The van der Waals surface area contributed by atoms with Gasteiger partial charge >= 0.3 is 0 Å². The second kappa shape index (κ2) is 6.01. The summed E-state index contributed by atoms with van der Waals surface area (Å²) in [7, 11) is 0. The Kier molecular flexibility index (Phi) is 3.67. The van der Waals surface area contributed by atoms with Gasteiger partial charge in [-0.2, -0.15) is 0 Å². The highest BCUT2D eigenvalue weighted by molar-refractivity contribution is 7.07. The van der Waals surface area contributed by atoms with Crippen molar-refractivity contribution in [3.63, 3.8) is 0 Å². The standard InChI is InChI=1S/C22H18N2O3S/c1-13(25)18-19-15-10-6-7-11-16(15)27-22(18,2)23-21-24(19)20(26)17(28-21)12-14-8-4-3-5-9-14/h3-12,18-19H,1-2H3/b17-12-/t18-,19-,22+/m1/s1. The van der Waals surface area contributed by atoms with Gasteiger partial charge in [0, 0.05) is 5.56 Å². The Morgan fingerprint density at radius 2 is 1.89 bits per heavy atom. The van der Waals surface area contributed by atoms with Crippen LogP contribution in [0.2, 0.25) is 0 Å². The van der Waals surface area contributed by atoms with Crippen LogP contribution in [-0.2, 0) is 4.79 Å². The molecule has 6 heteroatoms. The molecule has 0 saturated carbocycles. The summed E-state index contributed by atoms with van der Waals surface area (Å²) in [6.45, 7) is 3.37. The van der Waals surface area contributed by atoms with Crippen LogP contribution >= 0.6 is 11.3 Å². The van der Waals surface area contributed by atoms with E-state index >= 15 is 0 Å². The highest BCUT2D eigenvalue weighted by Gasteiger charge is 2.53. The number of nitrogens with zero attached hydrogens (tertiary/aromatic N) is 2. The van der Waals surface area contributed by atoms with Crippen LogP contribution in [0.1, 0.15) is 31.0 Å². The molecule has 28 heavy (non-hydrogen) atoms. The van der Waals surface area contributed by atoms with Crippen LogP contribution in [-0.4, -0.2) is 16.1 Å². The first-order valence-electron chi connectivity index (χ1n) is 9.14. The largest absolute Gasteiger partial charge is 0.465 e. The first-order valence-corrected chi connectivity index (χ1v) is 9.96. The van der Waals surface area contributed by atoms with E-state index in [1.807, 2.05) is 67.6 Å². The average Bonchev–Trinajstić information content (AvgIpc) is 2.95. The maximum absolute atomic E-state index is 13.3. The Morgan fingerprint density at radius 1 is 1.18 bits per heavy atom. The molecule has 1 aromatic heterocycles. The molecule has 0 amide bonds.